The molecule has 2 aliphatic heterocycles. The minimum absolute atomic E-state index is 0.0200. The summed E-state index contributed by atoms with van der Waals surface area (Å²) >= 11 is 0. The fourth-order valence-corrected chi connectivity index (χ4v) is 5.32. The molecule has 0 spiro atoms. The van der Waals surface area contributed by atoms with Crippen molar-refractivity contribution in [3.8, 4) is 5.75 Å². The third-order valence-corrected chi connectivity index (χ3v) is 7.32. The van der Waals surface area contributed by atoms with Gasteiger partial charge in [-0.25, -0.2) is 4.98 Å². The van der Waals surface area contributed by atoms with E-state index >= 15 is 0 Å². The number of carbonyl (C=O) groups is 2. The average molecular weight is 513 g/mol. The van der Waals surface area contributed by atoms with Crippen molar-refractivity contribution in [2.24, 2.45) is 0 Å². The van der Waals surface area contributed by atoms with Crippen molar-refractivity contribution >= 4 is 23.3 Å². The van der Waals surface area contributed by atoms with Crippen molar-refractivity contribution in [2.45, 2.75) is 51.0 Å². The van der Waals surface area contributed by atoms with E-state index in [0.29, 0.717) is 24.7 Å². The molecule has 7 nitrogen and oxygen atoms in total. The van der Waals surface area contributed by atoms with E-state index in [1.54, 1.807) is 11.0 Å². The summed E-state index contributed by atoms with van der Waals surface area (Å²) < 4.78 is 6.03. The first-order valence-corrected chi connectivity index (χ1v) is 13.8. The molecule has 1 saturated heterocycles. The van der Waals surface area contributed by atoms with Crippen LogP contribution in [0.5, 0.6) is 5.75 Å². The predicted octanol–water partition coefficient (Wildman–Crippen LogP) is 5.45. The summed E-state index contributed by atoms with van der Waals surface area (Å²) in [5, 5.41) is 3.29. The number of para-hydroxylation sites is 2. The molecule has 0 saturated carbocycles. The largest absolute Gasteiger partial charge is 0.491 e. The third-order valence-electron chi connectivity index (χ3n) is 7.32. The molecule has 38 heavy (non-hydrogen) atoms. The number of pyridine rings is 1. The molecule has 3 heterocycles. The van der Waals surface area contributed by atoms with Crippen LogP contribution in [0.4, 0.5) is 11.5 Å². The van der Waals surface area contributed by atoms with E-state index < -0.39 is 0 Å². The number of fused-ring (bicyclic) bond motifs is 3. The lowest BCUT2D eigenvalue weighted by Gasteiger charge is -2.37. The average Bonchev–Trinajstić information content (AvgIpc) is 2.95. The Balaban J connectivity index is 1.34. The van der Waals surface area contributed by atoms with E-state index in [1.165, 1.54) is 5.56 Å². The molecule has 1 N–H and O–H groups in total. The number of benzene rings is 2. The highest BCUT2D eigenvalue weighted by Gasteiger charge is 2.29. The van der Waals surface area contributed by atoms with Crippen molar-refractivity contribution in [1.29, 1.82) is 0 Å². The van der Waals surface area contributed by atoms with E-state index in [0.717, 1.165) is 62.9 Å². The van der Waals surface area contributed by atoms with E-state index in [9.17, 15) is 9.59 Å². The quantitative estimate of drug-likeness (QED) is 0.503. The molecule has 2 bridgehead atoms. The standard InChI is InChI=1S/C31H36N4O3/c36-30(35-20-9-7-14-25(35)22-24-12-3-1-4-13-24)23-34-19-8-2-10-21-38-28-17-6-5-15-26(28)32-29-18-11-16-27(33-29)31(34)37/h1,3-6,11-13,15-18,25H,2,7-10,14,19-23H2,(H,32,33). The highest BCUT2D eigenvalue weighted by molar-refractivity contribution is 5.95. The van der Waals surface area contributed by atoms with Crippen LogP contribution in [0.25, 0.3) is 0 Å². The fraction of sp³-hybridized carbons (Fsp3) is 0.387. The first-order valence-electron chi connectivity index (χ1n) is 13.8. The number of rotatable bonds is 4. The van der Waals surface area contributed by atoms with Crippen LogP contribution < -0.4 is 10.1 Å². The van der Waals surface area contributed by atoms with Crippen LogP contribution >= 0.6 is 0 Å². The zero-order valence-electron chi connectivity index (χ0n) is 21.9. The topological polar surface area (TPSA) is 74.8 Å². The Labute approximate surface area is 224 Å². The SMILES string of the molecule is O=C1c2cccc(n2)Nc2ccccc2OCCCCCN1CC(=O)N1CCCCC1Cc1ccccc1. The number of nitrogens with one attached hydrogen (secondary N) is 1. The third kappa shape index (κ3) is 6.52. The van der Waals surface area contributed by atoms with Crippen LogP contribution in [0.15, 0.2) is 72.8 Å². The molecule has 1 aromatic heterocycles. The number of aromatic nitrogens is 1. The Morgan fingerprint density at radius 3 is 2.61 bits per heavy atom. The number of amides is 2. The maximum Gasteiger partial charge on any atom is 0.273 e. The number of likely N-dealkylation sites (tertiary alicyclic amines) is 1. The number of hydrogen-bond donors (Lipinski definition) is 1. The molecule has 2 aliphatic rings. The van der Waals surface area contributed by atoms with Crippen LogP contribution in [-0.2, 0) is 11.2 Å². The Kier molecular flexibility index (Phi) is 8.53. The van der Waals surface area contributed by atoms with Crippen LogP contribution in [0.2, 0.25) is 0 Å². The lowest BCUT2D eigenvalue weighted by Crippen LogP contribution is -2.50. The fourth-order valence-electron chi connectivity index (χ4n) is 5.32. The van der Waals surface area contributed by atoms with Crippen molar-refractivity contribution in [1.82, 2.24) is 14.8 Å². The molecule has 7 heteroatoms. The van der Waals surface area contributed by atoms with Gasteiger partial charge in [0.25, 0.3) is 5.91 Å². The van der Waals surface area contributed by atoms with Gasteiger partial charge in [0.1, 0.15) is 23.8 Å². The molecule has 198 valence electrons. The van der Waals surface area contributed by atoms with E-state index in [-0.39, 0.29) is 24.4 Å². The zero-order chi connectivity index (χ0) is 26.2. The molecule has 5 rings (SSSR count). The Morgan fingerprint density at radius 2 is 1.71 bits per heavy atom. The lowest BCUT2D eigenvalue weighted by molar-refractivity contribution is -0.135. The summed E-state index contributed by atoms with van der Waals surface area (Å²) in [7, 11) is 0. The minimum Gasteiger partial charge on any atom is -0.491 e. The van der Waals surface area contributed by atoms with Gasteiger partial charge in [-0.15, -0.1) is 0 Å². The van der Waals surface area contributed by atoms with Crippen LogP contribution in [-0.4, -0.2) is 58.9 Å². The number of piperidine rings is 1. The molecule has 0 radical (unpaired) electrons. The van der Waals surface area contributed by atoms with Crippen molar-refractivity contribution in [3.05, 3.63) is 84.1 Å². The highest BCUT2D eigenvalue weighted by atomic mass is 16.5. The molecule has 3 aromatic rings. The highest BCUT2D eigenvalue weighted by Crippen LogP contribution is 2.27. The van der Waals surface area contributed by atoms with Crippen LogP contribution in [0, 0.1) is 0 Å². The van der Waals surface area contributed by atoms with Gasteiger partial charge in [-0.3, -0.25) is 9.59 Å². The van der Waals surface area contributed by atoms with Crippen molar-refractivity contribution in [3.63, 3.8) is 0 Å². The smallest absolute Gasteiger partial charge is 0.273 e. The second-order valence-electron chi connectivity index (χ2n) is 10.1. The molecule has 1 fully saturated rings. The summed E-state index contributed by atoms with van der Waals surface area (Å²) in [4.78, 5) is 35.6. The van der Waals surface area contributed by atoms with Gasteiger partial charge in [0, 0.05) is 19.1 Å². The van der Waals surface area contributed by atoms with E-state index in [2.05, 4.69) is 22.4 Å². The van der Waals surface area contributed by atoms with E-state index in [1.807, 2.05) is 59.5 Å². The summed E-state index contributed by atoms with van der Waals surface area (Å²) in [6, 6.07) is 23.6. The Morgan fingerprint density at radius 1 is 0.895 bits per heavy atom. The Hall–Kier alpha value is -3.87. The van der Waals surface area contributed by atoms with Gasteiger partial charge in [-0.1, -0.05) is 48.5 Å². The zero-order valence-corrected chi connectivity index (χ0v) is 21.9. The molecule has 0 aliphatic carbocycles. The summed E-state index contributed by atoms with van der Waals surface area (Å²) in [5.74, 6) is 1.14. The van der Waals surface area contributed by atoms with Crippen LogP contribution in [0.1, 0.15) is 54.6 Å². The maximum absolute atomic E-state index is 13.7. The maximum atomic E-state index is 13.7. The van der Waals surface area contributed by atoms with Gasteiger partial charge >= 0.3 is 0 Å². The molecular formula is C31H36N4O3. The van der Waals surface area contributed by atoms with Crippen LogP contribution in [0.3, 0.4) is 0 Å². The minimum atomic E-state index is -0.208. The number of hydrogen-bond acceptors (Lipinski definition) is 5. The van der Waals surface area contributed by atoms with Gasteiger partial charge in [0.2, 0.25) is 5.91 Å². The monoisotopic (exact) mass is 512 g/mol. The van der Waals surface area contributed by atoms with Gasteiger partial charge in [-0.2, -0.15) is 0 Å². The molecule has 2 aromatic carbocycles. The molecule has 1 unspecified atom stereocenters. The normalized spacial score (nSPS) is 18.5. The van der Waals surface area contributed by atoms with Gasteiger partial charge < -0.3 is 19.9 Å². The number of anilines is 2. The summed E-state index contributed by atoms with van der Waals surface area (Å²) in [6.45, 7) is 1.92. The lowest BCUT2D eigenvalue weighted by atomic mass is 9.95. The second-order valence-corrected chi connectivity index (χ2v) is 10.1. The van der Waals surface area contributed by atoms with Gasteiger partial charge in [0.05, 0.1) is 12.3 Å². The molecule has 1 atom stereocenters. The predicted molar refractivity (Wildman–Crippen MR) is 149 cm³/mol. The summed E-state index contributed by atoms with van der Waals surface area (Å²) in [6.07, 6.45) is 6.54. The second kappa shape index (κ2) is 12.6. The van der Waals surface area contributed by atoms with Gasteiger partial charge in [0.15, 0.2) is 0 Å². The van der Waals surface area contributed by atoms with E-state index in [4.69, 9.17) is 4.74 Å². The number of carbonyl (C=O) groups excluding carboxylic acids is 2. The number of ether oxygens (including phenoxy) is 1. The molecular weight excluding hydrogens is 476 g/mol. The summed E-state index contributed by atoms with van der Waals surface area (Å²) in [5.41, 5.74) is 2.38. The van der Waals surface area contributed by atoms with Crippen molar-refractivity contribution in [2.75, 3.05) is 31.6 Å². The Bertz CT molecular complexity index is 1230. The first kappa shape index (κ1) is 25.8. The van der Waals surface area contributed by atoms with Crippen molar-refractivity contribution < 1.29 is 14.3 Å². The van der Waals surface area contributed by atoms with Gasteiger partial charge in [-0.05, 0) is 74.8 Å². The molecule has 2 amide bonds. The number of nitrogens with zero attached hydrogens (tertiary/aromatic N) is 3. The first-order chi connectivity index (χ1) is 18.7.